The second-order valence-electron chi connectivity index (χ2n) is 2.18. The van der Waals surface area contributed by atoms with E-state index in [0.717, 1.165) is 4.76 Å². The first kappa shape index (κ1) is 6.98. The maximum absolute atomic E-state index is 10.5. The van der Waals surface area contributed by atoms with Crippen molar-refractivity contribution in [2.75, 3.05) is 20.2 Å². The minimum Gasteiger partial charge on any atom is -0.453 e. The highest BCUT2D eigenvalue weighted by molar-refractivity contribution is 5.67. The van der Waals surface area contributed by atoms with Crippen LogP contribution in [0.3, 0.4) is 0 Å². The van der Waals surface area contributed by atoms with Gasteiger partial charge in [0.25, 0.3) is 0 Å². The van der Waals surface area contributed by atoms with Gasteiger partial charge < -0.3 is 10.1 Å². The Morgan fingerprint density at radius 2 is 2.30 bits per heavy atom. The van der Waals surface area contributed by atoms with Crippen LogP contribution in [-0.4, -0.2) is 37.1 Å². The third-order valence-corrected chi connectivity index (χ3v) is 1.36. The van der Waals surface area contributed by atoms with Gasteiger partial charge in [0.15, 0.2) is 6.04 Å². The zero-order chi connectivity index (χ0) is 7.56. The molecule has 10 heavy (non-hydrogen) atoms. The summed E-state index contributed by atoms with van der Waals surface area (Å²) < 4.78 is 5.20. The Morgan fingerprint density at radius 1 is 1.70 bits per heavy atom. The molecule has 56 valence electrons. The number of carbonyl (C=O) groups is 1. The van der Waals surface area contributed by atoms with Gasteiger partial charge in [-0.3, -0.25) is 0 Å². The largest absolute Gasteiger partial charge is 0.453 e. The highest BCUT2D eigenvalue weighted by Gasteiger charge is 2.36. The van der Waals surface area contributed by atoms with Crippen molar-refractivity contribution in [1.82, 2.24) is 5.32 Å². The molecule has 1 heterocycles. The minimum atomic E-state index is -0.474. The maximum atomic E-state index is 10.5. The smallest absolute Gasteiger partial charge is 0.407 e. The molecule has 0 atom stereocenters. The van der Waals surface area contributed by atoms with Gasteiger partial charge in [0.2, 0.25) is 13.1 Å². The first-order valence-electron chi connectivity index (χ1n) is 2.99. The number of rotatable bonds is 1. The summed E-state index contributed by atoms with van der Waals surface area (Å²) in [6.07, 6.45) is -0.474. The molecule has 1 rings (SSSR count). The van der Waals surface area contributed by atoms with Gasteiger partial charge in [-0.05, 0) is 0 Å². The topological polar surface area (TPSA) is 58.4 Å². The van der Waals surface area contributed by atoms with Gasteiger partial charge in [-0.2, -0.15) is 0 Å². The fourth-order valence-electron chi connectivity index (χ4n) is 0.755. The molecular weight excluding hydrogens is 136 g/mol. The average molecular weight is 145 g/mol. The van der Waals surface area contributed by atoms with Crippen molar-refractivity contribution in [3.8, 4) is 0 Å². The summed E-state index contributed by atoms with van der Waals surface area (Å²) in [4.78, 5) is 20.8. The lowest BCUT2D eigenvalue weighted by atomic mass is 10.2. The van der Waals surface area contributed by atoms with Crippen LogP contribution >= 0.6 is 0 Å². The Hall–Kier alpha value is -1.13. The van der Waals surface area contributed by atoms with Crippen molar-refractivity contribution in [2.45, 2.75) is 6.04 Å². The number of nitrogens with one attached hydrogen (secondary N) is 1. The lowest BCUT2D eigenvalue weighted by Gasteiger charge is -2.16. The first-order valence-corrected chi connectivity index (χ1v) is 2.99. The van der Waals surface area contributed by atoms with E-state index < -0.39 is 6.09 Å². The van der Waals surface area contributed by atoms with Crippen molar-refractivity contribution in [2.24, 2.45) is 0 Å². The SMILES string of the molecule is COC(=O)NC1C[N+](=O)C1. The van der Waals surface area contributed by atoms with Crippen LogP contribution in [-0.2, 0) is 4.74 Å². The number of alkyl carbamates (subject to hydrolysis) is 1. The van der Waals surface area contributed by atoms with Crippen molar-refractivity contribution >= 4 is 6.09 Å². The van der Waals surface area contributed by atoms with Gasteiger partial charge in [0, 0.05) is 9.67 Å². The van der Waals surface area contributed by atoms with Gasteiger partial charge in [-0.15, -0.1) is 0 Å². The van der Waals surface area contributed by atoms with Crippen LogP contribution < -0.4 is 5.32 Å². The monoisotopic (exact) mass is 145 g/mol. The molecule has 5 heteroatoms. The molecule has 0 aromatic heterocycles. The number of methoxy groups -OCH3 is 1. The molecule has 0 radical (unpaired) electrons. The van der Waals surface area contributed by atoms with Crippen LogP contribution in [0.25, 0.3) is 0 Å². The molecule has 0 unspecified atom stereocenters. The molecular formula is C5H9N2O3+. The lowest BCUT2D eigenvalue weighted by molar-refractivity contribution is -0.609. The quantitative estimate of drug-likeness (QED) is 0.506. The molecule has 0 spiro atoms. The van der Waals surface area contributed by atoms with Crippen LogP contribution in [0.15, 0.2) is 0 Å². The molecule has 1 aliphatic rings. The Bertz CT molecular complexity index is 160. The van der Waals surface area contributed by atoms with Crippen molar-refractivity contribution in [1.29, 1.82) is 0 Å². The Labute approximate surface area is 57.9 Å². The van der Waals surface area contributed by atoms with Crippen LogP contribution in [0.2, 0.25) is 0 Å². The summed E-state index contributed by atoms with van der Waals surface area (Å²) in [6, 6.07) is -0.0232. The van der Waals surface area contributed by atoms with E-state index in [0.29, 0.717) is 13.1 Å². The molecule has 1 fully saturated rings. The minimum absolute atomic E-state index is 0.0232. The van der Waals surface area contributed by atoms with Crippen LogP contribution in [0, 0.1) is 4.91 Å². The molecule has 0 bridgehead atoms. The number of carbonyl (C=O) groups excluding carboxylic acids is 1. The van der Waals surface area contributed by atoms with Crippen molar-refractivity contribution < 1.29 is 14.3 Å². The van der Waals surface area contributed by atoms with Crippen LogP contribution in [0.1, 0.15) is 0 Å². The van der Waals surface area contributed by atoms with Gasteiger partial charge in [-0.1, -0.05) is 0 Å². The second kappa shape index (κ2) is 2.64. The van der Waals surface area contributed by atoms with Crippen molar-refractivity contribution in [3.05, 3.63) is 4.91 Å². The predicted molar refractivity (Wildman–Crippen MR) is 32.7 cm³/mol. The van der Waals surface area contributed by atoms with Gasteiger partial charge in [0.1, 0.15) is 0 Å². The van der Waals surface area contributed by atoms with E-state index in [2.05, 4.69) is 10.1 Å². The molecule has 0 aromatic rings. The van der Waals surface area contributed by atoms with E-state index in [1.807, 2.05) is 0 Å². The summed E-state index contributed by atoms with van der Waals surface area (Å²) in [5.41, 5.74) is 0. The van der Waals surface area contributed by atoms with Gasteiger partial charge in [0.05, 0.1) is 7.11 Å². The summed E-state index contributed by atoms with van der Waals surface area (Å²) in [5, 5.41) is 2.49. The lowest BCUT2D eigenvalue weighted by Crippen LogP contribution is -2.53. The highest BCUT2D eigenvalue weighted by atomic mass is 16.5. The standard InChI is InChI=1S/C5H8N2O3/c1-10-5(8)6-4-2-7(9)3-4/h4H,2-3H2,1H3/p+1. The molecule has 1 aliphatic heterocycles. The summed E-state index contributed by atoms with van der Waals surface area (Å²) >= 11 is 0. The second-order valence-corrected chi connectivity index (χ2v) is 2.18. The van der Waals surface area contributed by atoms with E-state index >= 15 is 0 Å². The molecule has 1 N–H and O–H groups in total. The fourth-order valence-corrected chi connectivity index (χ4v) is 0.755. The van der Waals surface area contributed by atoms with Gasteiger partial charge >= 0.3 is 6.09 Å². The third kappa shape index (κ3) is 1.43. The fraction of sp³-hybridized carbons (Fsp3) is 0.800. The number of nitrogens with zero attached hydrogens (tertiary/aromatic N) is 1. The highest BCUT2D eigenvalue weighted by Crippen LogP contribution is 1.98. The average Bonchev–Trinajstić information content (AvgIpc) is 1.84. The maximum Gasteiger partial charge on any atom is 0.407 e. The van der Waals surface area contributed by atoms with Crippen molar-refractivity contribution in [3.63, 3.8) is 0 Å². The summed E-state index contributed by atoms with van der Waals surface area (Å²) in [7, 11) is 1.29. The first-order chi connectivity index (χ1) is 4.72. The Kier molecular flexibility index (Phi) is 1.84. The van der Waals surface area contributed by atoms with E-state index in [4.69, 9.17) is 0 Å². The Morgan fingerprint density at radius 3 is 2.70 bits per heavy atom. The van der Waals surface area contributed by atoms with Crippen LogP contribution in [0.5, 0.6) is 0 Å². The molecule has 1 saturated heterocycles. The third-order valence-electron chi connectivity index (χ3n) is 1.36. The van der Waals surface area contributed by atoms with Gasteiger partial charge in [-0.25, -0.2) is 4.79 Å². The predicted octanol–water partition coefficient (Wildman–Crippen LogP) is -0.497. The number of hydrogen-bond donors (Lipinski definition) is 1. The zero-order valence-corrected chi connectivity index (χ0v) is 5.66. The van der Waals surface area contributed by atoms with E-state index in [-0.39, 0.29) is 6.04 Å². The Balaban J connectivity index is 2.16. The molecule has 0 aliphatic carbocycles. The zero-order valence-electron chi connectivity index (χ0n) is 5.66. The number of ether oxygens (including phenoxy) is 1. The normalized spacial score (nSPS) is 17.9. The summed E-state index contributed by atoms with van der Waals surface area (Å²) in [5.74, 6) is 0. The number of hydrogen-bond acceptors (Lipinski definition) is 3. The number of amides is 1. The molecule has 5 nitrogen and oxygen atoms in total. The number of nitroso groups, excluding NO2 is 1. The summed E-state index contributed by atoms with van der Waals surface area (Å²) in [6.45, 7) is 0.740. The molecule has 1 amide bonds. The van der Waals surface area contributed by atoms with E-state index in [1.165, 1.54) is 7.11 Å². The van der Waals surface area contributed by atoms with Crippen LogP contribution in [0.4, 0.5) is 4.79 Å². The molecule has 0 saturated carbocycles. The van der Waals surface area contributed by atoms with E-state index in [1.54, 1.807) is 0 Å². The van der Waals surface area contributed by atoms with E-state index in [9.17, 15) is 9.70 Å². The molecule has 0 aromatic carbocycles.